The first-order chi connectivity index (χ1) is 10.9. The number of carbonyl (C=O) groups excluding carboxylic acids is 2. The van der Waals surface area contributed by atoms with Gasteiger partial charge in [-0.15, -0.1) is 0 Å². The van der Waals surface area contributed by atoms with Gasteiger partial charge in [0.15, 0.2) is 0 Å². The predicted octanol–water partition coefficient (Wildman–Crippen LogP) is 0.884. The normalized spacial score (nSPS) is 11.0. The summed E-state index contributed by atoms with van der Waals surface area (Å²) in [6, 6.07) is 6.70. The van der Waals surface area contributed by atoms with E-state index in [1.165, 1.54) is 0 Å². The summed E-state index contributed by atoms with van der Waals surface area (Å²) in [4.78, 5) is 23.5. The zero-order valence-electron chi connectivity index (χ0n) is 13.8. The maximum absolute atomic E-state index is 11.9. The summed E-state index contributed by atoms with van der Waals surface area (Å²) in [7, 11) is 1.57. The number of hydrogen-bond acceptors (Lipinski definition) is 4. The lowest BCUT2D eigenvalue weighted by Gasteiger charge is -2.23. The Kier molecular flexibility index (Phi) is 7.50. The number of carbonyl (C=O) groups is 2. The van der Waals surface area contributed by atoms with Gasteiger partial charge in [-0.3, -0.25) is 4.79 Å². The van der Waals surface area contributed by atoms with Gasteiger partial charge in [0.25, 0.3) is 0 Å². The average Bonchev–Trinajstić information content (AvgIpc) is 2.49. The molecule has 3 amide bonds. The first-order valence-corrected chi connectivity index (χ1v) is 7.41. The fourth-order valence-corrected chi connectivity index (χ4v) is 1.79. The van der Waals surface area contributed by atoms with Crippen molar-refractivity contribution >= 4 is 17.6 Å². The third-order valence-electron chi connectivity index (χ3n) is 3.04. The van der Waals surface area contributed by atoms with Crippen LogP contribution in [0.5, 0.6) is 0 Å². The maximum Gasteiger partial charge on any atom is 0.319 e. The Balaban J connectivity index is 2.47. The molecule has 0 aliphatic rings. The highest BCUT2D eigenvalue weighted by Crippen LogP contribution is 2.10. The van der Waals surface area contributed by atoms with E-state index in [0.717, 1.165) is 5.56 Å². The van der Waals surface area contributed by atoms with E-state index in [1.54, 1.807) is 45.2 Å². The molecule has 7 nitrogen and oxygen atoms in total. The molecule has 0 aromatic heterocycles. The predicted molar refractivity (Wildman–Crippen MR) is 88.4 cm³/mol. The van der Waals surface area contributed by atoms with Crippen LogP contribution in [0.4, 0.5) is 10.5 Å². The molecule has 0 fully saturated rings. The molecule has 0 atom stereocenters. The lowest BCUT2D eigenvalue weighted by Crippen LogP contribution is -2.46. The molecule has 0 heterocycles. The van der Waals surface area contributed by atoms with E-state index in [4.69, 9.17) is 9.84 Å². The van der Waals surface area contributed by atoms with E-state index in [-0.39, 0.29) is 25.0 Å². The molecule has 23 heavy (non-hydrogen) atoms. The minimum Gasteiger partial charge on any atom is -0.394 e. The van der Waals surface area contributed by atoms with Crippen LogP contribution >= 0.6 is 0 Å². The van der Waals surface area contributed by atoms with E-state index >= 15 is 0 Å². The number of hydrogen-bond donors (Lipinski definition) is 4. The summed E-state index contributed by atoms with van der Waals surface area (Å²) in [5.41, 5.74) is 0.820. The van der Waals surface area contributed by atoms with Gasteiger partial charge < -0.3 is 25.8 Å². The van der Waals surface area contributed by atoms with Gasteiger partial charge in [0.05, 0.1) is 25.2 Å². The van der Waals surface area contributed by atoms with Crippen molar-refractivity contribution in [3.63, 3.8) is 0 Å². The molecule has 0 saturated heterocycles. The molecule has 4 N–H and O–H groups in total. The molecule has 1 rings (SSSR count). The molecule has 1 aromatic carbocycles. The molecule has 0 bridgehead atoms. The van der Waals surface area contributed by atoms with Gasteiger partial charge in [-0.2, -0.15) is 0 Å². The number of ether oxygens (including phenoxy) is 1. The molecular weight excluding hydrogens is 298 g/mol. The van der Waals surface area contributed by atoms with Crippen molar-refractivity contribution in [2.45, 2.75) is 25.8 Å². The van der Waals surface area contributed by atoms with Gasteiger partial charge >= 0.3 is 6.03 Å². The van der Waals surface area contributed by atoms with Crippen molar-refractivity contribution < 1.29 is 19.4 Å². The first-order valence-electron chi connectivity index (χ1n) is 7.41. The molecule has 1 aromatic rings. The minimum absolute atomic E-state index is 0.125. The monoisotopic (exact) mass is 323 g/mol. The topological polar surface area (TPSA) is 99.7 Å². The number of rotatable bonds is 8. The molecule has 7 heteroatoms. The van der Waals surface area contributed by atoms with E-state index in [0.29, 0.717) is 18.8 Å². The van der Waals surface area contributed by atoms with Gasteiger partial charge in [-0.25, -0.2) is 4.79 Å². The fraction of sp³-hybridized carbons (Fsp3) is 0.500. The number of aliphatic hydroxyl groups excluding tert-OH is 1. The number of amides is 3. The second-order valence-electron chi connectivity index (χ2n) is 5.84. The molecular formula is C16H25N3O4. The van der Waals surface area contributed by atoms with Crippen LogP contribution in [-0.4, -0.2) is 49.5 Å². The second kappa shape index (κ2) is 9.12. The molecule has 0 radical (unpaired) electrons. The van der Waals surface area contributed by atoms with Gasteiger partial charge in [-0.05, 0) is 31.5 Å². The van der Waals surface area contributed by atoms with Crippen LogP contribution in [0.3, 0.4) is 0 Å². The number of benzene rings is 1. The smallest absolute Gasteiger partial charge is 0.319 e. The van der Waals surface area contributed by atoms with Gasteiger partial charge in [0, 0.05) is 19.3 Å². The Hall–Kier alpha value is -2.12. The van der Waals surface area contributed by atoms with Crippen LogP contribution in [0.25, 0.3) is 0 Å². The van der Waals surface area contributed by atoms with Crippen LogP contribution in [-0.2, 0) is 16.0 Å². The highest BCUT2D eigenvalue weighted by Gasteiger charge is 2.18. The second-order valence-corrected chi connectivity index (χ2v) is 5.84. The van der Waals surface area contributed by atoms with Crippen molar-refractivity contribution in [3.05, 3.63) is 29.8 Å². The Labute approximate surface area is 136 Å². The highest BCUT2D eigenvalue weighted by molar-refractivity contribution is 5.89. The van der Waals surface area contributed by atoms with Gasteiger partial charge in [0.2, 0.25) is 5.91 Å². The third kappa shape index (κ3) is 7.62. The highest BCUT2D eigenvalue weighted by atomic mass is 16.5. The van der Waals surface area contributed by atoms with Crippen LogP contribution < -0.4 is 16.0 Å². The van der Waals surface area contributed by atoms with Crippen LogP contribution in [0.2, 0.25) is 0 Å². The van der Waals surface area contributed by atoms with E-state index in [2.05, 4.69) is 16.0 Å². The third-order valence-corrected chi connectivity index (χ3v) is 3.04. The summed E-state index contributed by atoms with van der Waals surface area (Å²) < 4.78 is 4.84. The van der Waals surface area contributed by atoms with E-state index in [9.17, 15) is 9.59 Å². The van der Waals surface area contributed by atoms with Gasteiger partial charge in [0.1, 0.15) is 0 Å². The molecule has 0 aliphatic carbocycles. The Morgan fingerprint density at radius 1 is 1.22 bits per heavy atom. The minimum atomic E-state index is -0.640. The Bertz CT molecular complexity index is 515. The first kappa shape index (κ1) is 18.9. The zero-order valence-corrected chi connectivity index (χ0v) is 13.8. The summed E-state index contributed by atoms with van der Waals surface area (Å²) in [6.45, 7) is 4.26. The number of aliphatic hydroxyl groups is 1. The zero-order chi connectivity index (χ0) is 17.3. The molecule has 0 spiro atoms. The Morgan fingerprint density at radius 3 is 2.43 bits per heavy atom. The molecule has 128 valence electrons. The quantitative estimate of drug-likeness (QED) is 0.534. The number of anilines is 1. The fourth-order valence-electron chi connectivity index (χ4n) is 1.79. The molecule has 0 unspecified atom stereocenters. The standard InChI is InChI=1S/C16H25N3O4/c1-16(2,11-20)19-14(21)10-12-4-6-13(7-5-12)18-15(22)17-8-9-23-3/h4-7,20H,8-11H2,1-3H3,(H,19,21)(H2,17,18,22). The van der Waals surface area contributed by atoms with Crippen molar-refractivity contribution in [3.8, 4) is 0 Å². The lowest BCUT2D eigenvalue weighted by atomic mass is 10.1. The summed E-state index contributed by atoms with van der Waals surface area (Å²) in [5, 5.41) is 17.2. The van der Waals surface area contributed by atoms with Crippen molar-refractivity contribution in [1.82, 2.24) is 10.6 Å². The van der Waals surface area contributed by atoms with Gasteiger partial charge in [-0.1, -0.05) is 12.1 Å². The van der Waals surface area contributed by atoms with E-state index < -0.39 is 5.54 Å². The van der Waals surface area contributed by atoms with Crippen molar-refractivity contribution in [2.24, 2.45) is 0 Å². The molecule has 0 saturated carbocycles. The summed E-state index contributed by atoms with van der Waals surface area (Å²) >= 11 is 0. The Morgan fingerprint density at radius 2 is 1.87 bits per heavy atom. The largest absolute Gasteiger partial charge is 0.394 e. The number of nitrogens with one attached hydrogen (secondary N) is 3. The van der Waals surface area contributed by atoms with E-state index in [1.807, 2.05) is 0 Å². The van der Waals surface area contributed by atoms with Crippen molar-refractivity contribution in [1.29, 1.82) is 0 Å². The average molecular weight is 323 g/mol. The maximum atomic E-state index is 11.9. The van der Waals surface area contributed by atoms with Crippen LogP contribution in [0.15, 0.2) is 24.3 Å². The van der Waals surface area contributed by atoms with Crippen LogP contribution in [0, 0.1) is 0 Å². The lowest BCUT2D eigenvalue weighted by molar-refractivity contribution is -0.122. The SMILES string of the molecule is COCCNC(=O)Nc1ccc(CC(=O)NC(C)(C)CO)cc1. The summed E-state index contributed by atoms with van der Waals surface area (Å²) in [6.07, 6.45) is 0.212. The van der Waals surface area contributed by atoms with Crippen LogP contribution in [0.1, 0.15) is 19.4 Å². The van der Waals surface area contributed by atoms with Crippen molar-refractivity contribution in [2.75, 3.05) is 32.2 Å². The summed E-state index contributed by atoms with van der Waals surface area (Å²) in [5.74, 6) is -0.165. The molecule has 0 aliphatic heterocycles. The number of methoxy groups -OCH3 is 1. The number of urea groups is 1.